The second kappa shape index (κ2) is 8.19. The SMILES string of the molecule is CCNC(=NCCN1CCc2ccccc2C1)N1CCS(=O)(=O)C(C)(C)C1. The molecule has 0 aliphatic carbocycles. The van der Waals surface area contributed by atoms with Crippen LogP contribution in [-0.2, 0) is 22.8 Å². The smallest absolute Gasteiger partial charge is 0.194 e. The van der Waals surface area contributed by atoms with E-state index < -0.39 is 14.6 Å². The van der Waals surface area contributed by atoms with E-state index in [1.807, 2.05) is 20.8 Å². The average molecular weight is 393 g/mol. The Kier molecular flexibility index (Phi) is 6.11. The zero-order chi connectivity index (χ0) is 19.5. The zero-order valence-electron chi connectivity index (χ0n) is 16.7. The van der Waals surface area contributed by atoms with E-state index in [4.69, 9.17) is 4.99 Å². The summed E-state index contributed by atoms with van der Waals surface area (Å²) in [4.78, 5) is 9.33. The second-order valence-corrected chi connectivity index (χ2v) is 10.8. The van der Waals surface area contributed by atoms with Gasteiger partial charge in [0.1, 0.15) is 0 Å². The van der Waals surface area contributed by atoms with Gasteiger partial charge in [-0.3, -0.25) is 9.89 Å². The molecule has 0 atom stereocenters. The maximum absolute atomic E-state index is 12.3. The fraction of sp³-hybridized carbons (Fsp3) is 0.650. The van der Waals surface area contributed by atoms with Gasteiger partial charge in [-0.25, -0.2) is 8.42 Å². The Morgan fingerprint density at radius 1 is 1.22 bits per heavy atom. The molecule has 0 radical (unpaired) electrons. The molecule has 3 rings (SSSR count). The van der Waals surface area contributed by atoms with Crippen molar-refractivity contribution in [3.63, 3.8) is 0 Å². The van der Waals surface area contributed by atoms with E-state index in [0.29, 0.717) is 19.6 Å². The Morgan fingerprint density at radius 3 is 2.67 bits per heavy atom. The van der Waals surface area contributed by atoms with Crippen LogP contribution < -0.4 is 5.32 Å². The number of sulfone groups is 1. The first-order valence-electron chi connectivity index (χ1n) is 9.87. The summed E-state index contributed by atoms with van der Waals surface area (Å²) in [5, 5.41) is 3.33. The number of hydrogen-bond donors (Lipinski definition) is 1. The fourth-order valence-corrected chi connectivity index (χ4v) is 5.16. The molecule has 2 heterocycles. The van der Waals surface area contributed by atoms with Gasteiger partial charge < -0.3 is 10.2 Å². The molecule has 0 amide bonds. The summed E-state index contributed by atoms with van der Waals surface area (Å²) < 4.78 is 23.8. The molecule has 0 bridgehead atoms. The van der Waals surface area contributed by atoms with Crippen molar-refractivity contribution in [3.8, 4) is 0 Å². The first-order valence-corrected chi connectivity index (χ1v) is 11.5. The van der Waals surface area contributed by atoms with Gasteiger partial charge in [0.2, 0.25) is 0 Å². The van der Waals surface area contributed by atoms with E-state index in [9.17, 15) is 8.42 Å². The molecule has 1 aromatic rings. The lowest BCUT2D eigenvalue weighted by atomic mass is 10.00. The summed E-state index contributed by atoms with van der Waals surface area (Å²) >= 11 is 0. The van der Waals surface area contributed by atoms with Crippen LogP contribution in [0.2, 0.25) is 0 Å². The van der Waals surface area contributed by atoms with Crippen molar-refractivity contribution in [3.05, 3.63) is 35.4 Å². The third-order valence-electron chi connectivity index (χ3n) is 5.57. The van der Waals surface area contributed by atoms with Crippen molar-refractivity contribution in [1.29, 1.82) is 0 Å². The van der Waals surface area contributed by atoms with Gasteiger partial charge in [0.15, 0.2) is 15.8 Å². The summed E-state index contributed by atoms with van der Waals surface area (Å²) in [6.45, 7) is 11.1. The highest BCUT2D eigenvalue weighted by Gasteiger charge is 2.40. The normalized spacial score (nSPS) is 22.3. The maximum Gasteiger partial charge on any atom is 0.194 e. The van der Waals surface area contributed by atoms with E-state index in [0.717, 1.165) is 38.6 Å². The monoisotopic (exact) mass is 392 g/mol. The molecule has 2 aliphatic heterocycles. The van der Waals surface area contributed by atoms with Gasteiger partial charge in [0.05, 0.1) is 17.0 Å². The summed E-state index contributed by atoms with van der Waals surface area (Å²) in [5.74, 6) is 1.02. The minimum absolute atomic E-state index is 0.188. The summed E-state index contributed by atoms with van der Waals surface area (Å²) in [5.41, 5.74) is 2.88. The largest absolute Gasteiger partial charge is 0.357 e. The molecule has 0 unspecified atom stereocenters. The molecule has 1 fully saturated rings. The molecule has 27 heavy (non-hydrogen) atoms. The third kappa shape index (κ3) is 4.63. The van der Waals surface area contributed by atoms with Crippen LogP contribution in [0.25, 0.3) is 0 Å². The predicted molar refractivity (Wildman–Crippen MR) is 111 cm³/mol. The van der Waals surface area contributed by atoms with Crippen LogP contribution in [0.5, 0.6) is 0 Å². The molecule has 0 saturated carbocycles. The number of rotatable bonds is 4. The molecule has 7 heteroatoms. The highest BCUT2D eigenvalue weighted by atomic mass is 32.2. The number of fused-ring (bicyclic) bond motifs is 1. The lowest BCUT2D eigenvalue weighted by Gasteiger charge is -2.39. The van der Waals surface area contributed by atoms with Crippen LogP contribution in [0.1, 0.15) is 31.9 Å². The van der Waals surface area contributed by atoms with Crippen LogP contribution in [0.3, 0.4) is 0 Å². The van der Waals surface area contributed by atoms with E-state index >= 15 is 0 Å². The topological polar surface area (TPSA) is 65.0 Å². The molecule has 6 nitrogen and oxygen atoms in total. The summed E-state index contributed by atoms with van der Waals surface area (Å²) in [6.07, 6.45) is 1.10. The molecular formula is C20H32N4O2S. The Hall–Kier alpha value is -1.60. The van der Waals surface area contributed by atoms with Crippen LogP contribution in [0, 0.1) is 0 Å². The van der Waals surface area contributed by atoms with Crippen molar-refractivity contribution in [2.24, 2.45) is 4.99 Å². The van der Waals surface area contributed by atoms with E-state index in [2.05, 4.69) is 39.4 Å². The first-order chi connectivity index (χ1) is 12.8. The summed E-state index contributed by atoms with van der Waals surface area (Å²) in [7, 11) is -3.04. The quantitative estimate of drug-likeness (QED) is 0.622. The fourth-order valence-electron chi connectivity index (χ4n) is 3.79. The van der Waals surface area contributed by atoms with E-state index in [-0.39, 0.29) is 5.75 Å². The van der Waals surface area contributed by atoms with Crippen molar-refractivity contribution in [2.75, 3.05) is 45.0 Å². The van der Waals surface area contributed by atoms with Gasteiger partial charge in [-0.1, -0.05) is 24.3 Å². The summed E-state index contributed by atoms with van der Waals surface area (Å²) in [6, 6.07) is 8.66. The number of guanidine groups is 1. The molecule has 1 saturated heterocycles. The lowest BCUT2D eigenvalue weighted by molar-refractivity contribution is 0.261. The van der Waals surface area contributed by atoms with Gasteiger partial charge >= 0.3 is 0 Å². The third-order valence-corrected chi connectivity index (χ3v) is 8.10. The number of hydrogen-bond acceptors (Lipinski definition) is 4. The minimum atomic E-state index is -3.04. The lowest BCUT2D eigenvalue weighted by Crippen LogP contribution is -2.57. The molecule has 0 spiro atoms. The Balaban J connectivity index is 1.60. The van der Waals surface area contributed by atoms with E-state index in [1.165, 1.54) is 11.1 Å². The maximum atomic E-state index is 12.3. The number of aliphatic imine (C=N–C) groups is 1. The second-order valence-electron chi connectivity index (χ2n) is 8.03. The van der Waals surface area contributed by atoms with Crippen molar-refractivity contribution in [1.82, 2.24) is 15.1 Å². The molecule has 2 aliphatic rings. The van der Waals surface area contributed by atoms with Gasteiger partial charge in [-0.05, 0) is 38.3 Å². The number of nitrogens with one attached hydrogen (secondary N) is 1. The average Bonchev–Trinajstić information content (AvgIpc) is 2.63. The van der Waals surface area contributed by atoms with E-state index in [1.54, 1.807) is 0 Å². The van der Waals surface area contributed by atoms with Gasteiger partial charge in [-0.2, -0.15) is 0 Å². The Morgan fingerprint density at radius 2 is 1.96 bits per heavy atom. The molecule has 1 aromatic carbocycles. The number of nitrogens with zero attached hydrogens (tertiary/aromatic N) is 3. The van der Waals surface area contributed by atoms with Gasteiger partial charge in [0.25, 0.3) is 0 Å². The standard InChI is InChI=1S/C20H32N4O2S/c1-4-21-19(24-13-14-27(25,26)20(2,3)16-24)22-10-12-23-11-9-17-7-5-6-8-18(17)15-23/h5-8H,4,9-16H2,1-3H3,(H,21,22). The predicted octanol–water partition coefficient (Wildman–Crippen LogP) is 1.52. The van der Waals surface area contributed by atoms with Crippen LogP contribution in [0.4, 0.5) is 0 Å². The molecule has 0 aromatic heterocycles. The molecule has 150 valence electrons. The molecular weight excluding hydrogens is 360 g/mol. The van der Waals surface area contributed by atoms with Gasteiger partial charge in [0, 0.05) is 39.3 Å². The highest BCUT2D eigenvalue weighted by Crippen LogP contribution is 2.23. The first kappa shape index (κ1) is 20.1. The van der Waals surface area contributed by atoms with Crippen molar-refractivity contribution < 1.29 is 8.42 Å². The van der Waals surface area contributed by atoms with Crippen LogP contribution >= 0.6 is 0 Å². The van der Waals surface area contributed by atoms with Crippen molar-refractivity contribution >= 4 is 15.8 Å². The van der Waals surface area contributed by atoms with Crippen LogP contribution in [0.15, 0.2) is 29.3 Å². The Bertz CT molecular complexity index is 789. The zero-order valence-corrected chi connectivity index (χ0v) is 17.6. The van der Waals surface area contributed by atoms with Crippen molar-refractivity contribution in [2.45, 2.75) is 38.5 Å². The van der Waals surface area contributed by atoms with Crippen LogP contribution in [-0.4, -0.2) is 73.9 Å². The Labute approximate surface area is 163 Å². The minimum Gasteiger partial charge on any atom is -0.357 e. The van der Waals surface area contributed by atoms with Gasteiger partial charge in [-0.15, -0.1) is 0 Å². The number of benzene rings is 1. The molecule has 1 N–H and O–H groups in total. The highest BCUT2D eigenvalue weighted by molar-refractivity contribution is 7.92.